The maximum atomic E-state index is 11.3. The normalized spacial score (nSPS) is 18.1. The van der Waals surface area contributed by atoms with E-state index in [2.05, 4.69) is 0 Å². The van der Waals surface area contributed by atoms with Gasteiger partial charge in [0, 0.05) is 5.56 Å². The molecule has 0 radical (unpaired) electrons. The molecule has 0 amide bonds. The lowest BCUT2D eigenvalue weighted by atomic mass is 9.88. The average Bonchev–Trinajstić information content (AvgIpc) is 2.90. The van der Waals surface area contributed by atoms with E-state index in [1.54, 1.807) is 20.3 Å². The van der Waals surface area contributed by atoms with Crippen LogP contribution in [0.5, 0.6) is 17.2 Å². The summed E-state index contributed by atoms with van der Waals surface area (Å²) in [5, 5.41) is 23.5. The van der Waals surface area contributed by atoms with Crippen LogP contribution in [0.2, 0.25) is 0 Å². The Morgan fingerprint density at radius 3 is 2.44 bits per heavy atom. The van der Waals surface area contributed by atoms with Gasteiger partial charge in [-0.05, 0) is 46.7 Å². The van der Waals surface area contributed by atoms with Crippen molar-refractivity contribution in [2.24, 2.45) is 0 Å². The van der Waals surface area contributed by atoms with Crippen molar-refractivity contribution in [3.8, 4) is 28.4 Å². The molecule has 0 saturated heterocycles. The molecule has 0 fully saturated rings. The van der Waals surface area contributed by atoms with Crippen molar-refractivity contribution in [1.29, 1.82) is 0 Å². The molecule has 1 atom stereocenters. The first kappa shape index (κ1) is 15.8. The van der Waals surface area contributed by atoms with Gasteiger partial charge >= 0.3 is 0 Å². The first-order valence-electron chi connectivity index (χ1n) is 8.30. The second kappa shape index (κ2) is 5.39. The van der Waals surface area contributed by atoms with Gasteiger partial charge in [-0.15, -0.1) is 0 Å². The second-order valence-corrected chi connectivity index (χ2v) is 6.30. The molecule has 0 bridgehead atoms. The summed E-state index contributed by atoms with van der Waals surface area (Å²) in [5.74, 6) is 1.12. The van der Waals surface area contributed by atoms with Crippen molar-refractivity contribution < 1.29 is 19.7 Å². The van der Waals surface area contributed by atoms with Gasteiger partial charge in [-0.1, -0.05) is 31.2 Å². The first-order chi connectivity index (χ1) is 12.1. The van der Waals surface area contributed by atoms with Gasteiger partial charge in [0.25, 0.3) is 0 Å². The third kappa shape index (κ3) is 1.91. The summed E-state index contributed by atoms with van der Waals surface area (Å²) in [6.07, 6.45) is 0.523. The smallest absolute Gasteiger partial charge is 0.172 e. The van der Waals surface area contributed by atoms with Crippen molar-refractivity contribution in [2.75, 3.05) is 14.2 Å². The van der Waals surface area contributed by atoms with Gasteiger partial charge in [-0.25, -0.2) is 0 Å². The van der Waals surface area contributed by atoms with E-state index in [1.807, 2.05) is 43.3 Å². The summed E-state index contributed by atoms with van der Waals surface area (Å²) >= 11 is 0. The number of hydrogen-bond donors (Lipinski definition) is 2. The molecule has 0 saturated carbocycles. The first-order valence-corrected chi connectivity index (χ1v) is 8.30. The van der Waals surface area contributed by atoms with Crippen LogP contribution < -0.4 is 9.47 Å². The summed E-state index contributed by atoms with van der Waals surface area (Å²) in [6.45, 7) is 1.95. The van der Waals surface area contributed by atoms with Crippen LogP contribution in [0.4, 0.5) is 0 Å². The van der Waals surface area contributed by atoms with Crippen LogP contribution in [-0.4, -0.2) is 24.4 Å². The Morgan fingerprint density at radius 2 is 1.76 bits per heavy atom. The molecule has 0 heterocycles. The van der Waals surface area contributed by atoms with Crippen LogP contribution in [0.3, 0.4) is 0 Å². The number of hydrogen-bond acceptors (Lipinski definition) is 4. The number of methoxy groups -OCH3 is 2. The van der Waals surface area contributed by atoms with Crippen molar-refractivity contribution in [2.45, 2.75) is 18.9 Å². The fourth-order valence-corrected chi connectivity index (χ4v) is 4.02. The highest BCUT2D eigenvalue weighted by atomic mass is 16.5. The van der Waals surface area contributed by atoms with Crippen LogP contribution in [0.25, 0.3) is 21.9 Å². The van der Waals surface area contributed by atoms with Crippen molar-refractivity contribution in [3.05, 3.63) is 53.6 Å². The molecule has 0 spiro atoms. The molecule has 1 aliphatic carbocycles. The molecule has 128 valence electrons. The Bertz CT molecular complexity index is 993. The van der Waals surface area contributed by atoms with E-state index >= 15 is 0 Å². The number of phenols is 1. The summed E-state index contributed by atoms with van der Waals surface area (Å²) in [6, 6.07) is 13.2. The van der Waals surface area contributed by atoms with Crippen LogP contribution >= 0.6 is 0 Å². The topological polar surface area (TPSA) is 58.9 Å². The molecule has 4 heteroatoms. The highest BCUT2D eigenvalue weighted by Gasteiger charge is 2.41. The largest absolute Gasteiger partial charge is 0.507 e. The third-order valence-electron chi connectivity index (χ3n) is 5.22. The summed E-state index contributed by atoms with van der Waals surface area (Å²) in [7, 11) is 3.12. The monoisotopic (exact) mass is 336 g/mol. The zero-order chi connectivity index (χ0) is 17.8. The minimum atomic E-state index is -1.11. The Kier molecular flexibility index (Phi) is 3.41. The van der Waals surface area contributed by atoms with E-state index in [1.165, 1.54) is 0 Å². The Morgan fingerprint density at radius 1 is 1.00 bits per heavy atom. The van der Waals surface area contributed by atoms with Gasteiger partial charge < -0.3 is 19.7 Å². The third-order valence-corrected chi connectivity index (χ3v) is 5.22. The maximum Gasteiger partial charge on any atom is 0.172 e. The fraction of sp³-hybridized carbons (Fsp3) is 0.238. The Balaban J connectivity index is 2.20. The van der Waals surface area contributed by atoms with Crippen LogP contribution in [0, 0.1) is 0 Å². The fourth-order valence-electron chi connectivity index (χ4n) is 4.02. The van der Waals surface area contributed by atoms with Gasteiger partial charge in [0.05, 0.1) is 19.6 Å². The molecule has 1 unspecified atom stereocenters. The summed E-state index contributed by atoms with van der Waals surface area (Å²) < 4.78 is 10.9. The molecule has 1 aliphatic rings. The van der Waals surface area contributed by atoms with E-state index in [4.69, 9.17) is 9.47 Å². The van der Waals surface area contributed by atoms with E-state index in [0.29, 0.717) is 23.3 Å². The van der Waals surface area contributed by atoms with Crippen molar-refractivity contribution >= 4 is 10.8 Å². The number of aliphatic hydroxyl groups is 1. The van der Waals surface area contributed by atoms with E-state index in [0.717, 1.165) is 27.6 Å². The molecular formula is C21H20O4. The molecule has 0 aromatic heterocycles. The van der Waals surface area contributed by atoms with Crippen LogP contribution in [0.1, 0.15) is 24.5 Å². The predicted octanol–water partition coefficient (Wildman–Crippen LogP) is 4.19. The second-order valence-electron chi connectivity index (χ2n) is 6.30. The number of ether oxygens (including phenoxy) is 2. The molecular weight excluding hydrogens is 316 g/mol. The lowest BCUT2D eigenvalue weighted by molar-refractivity contribution is 0.0812. The molecule has 4 nitrogen and oxygen atoms in total. The lowest BCUT2D eigenvalue weighted by Gasteiger charge is -2.24. The number of phenolic OH excluding ortho intramolecular Hbond substituents is 1. The number of rotatable bonds is 3. The predicted molar refractivity (Wildman–Crippen MR) is 97.4 cm³/mol. The average molecular weight is 336 g/mol. The SMILES string of the molecule is CCC1(O)c2ccccc2-c2c1cc(O)c1c(OC)c(OC)ccc21. The highest BCUT2D eigenvalue weighted by molar-refractivity contribution is 6.08. The zero-order valence-corrected chi connectivity index (χ0v) is 14.5. The summed E-state index contributed by atoms with van der Waals surface area (Å²) in [5.41, 5.74) is 2.42. The molecule has 3 aromatic carbocycles. The van der Waals surface area contributed by atoms with Crippen LogP contribution in [0.15, 0.2) is 42.5 Å². The number of fused-ring (bicyclic) bond motifs is 5. The maximum absolute atomic E-state index is 11.3. The molecule has 4 rings (SSSR count). The van der Waals surface area contributed by atoms with Crippen LogP contribution in [-0.2, 0) is 5.60 Å². The standard InChI is InChI=1S/C21H20O4/c1-4-21(23)14-8-6-5-7-12(14)18-13-9-10-17(24-2)20(25-3)19(13)16(22)11-15(18)21/h5-11,22-23H,4H2,1-3H3. The molecule has 0 aliphatic heterocycles. The number of benzene rings is 3. The quantitative estimate of drug-likeness (QED) is 0.753. The Hall–Kier alpha value is -2.72. The minimum absolute atomic E-state index is 0.0733. The minimum Gasteiger partial charge on any atom is -0.507 e. The lowest BCUT2D eigenvalue weighted by Crippen LogP contribution is -2.23. The molecule has 3 aromatic rings. The van der Waals surface area contributed by atoms with Gasteiger partial charge in [0.1, 0.15) is 11.4 Å². The zero-order valence-electron chi connectivity index (χ0n) is 14.5. The Labute approximate surface area is 146 Å². The van der Waals surface area contributed by atoms with E-state index in [9.17, 15) is 10.2 Å². The molecule has 25 heavy (non-hydrogen) atoms. The summed E-state index contributed by atoms with van der Waals surface area (Å²) in [4.78, 5) is 0. The van der Waals surface area contributed by atoms with Crippen molar-refractivity contribution in [3.63, 3.8) is 0 Å². The van der Waals surface area contributed by atoms with Gasteiger partial charge in [-0.2, -0.15) is 0 Å². The number of aromatic hydroxyl groups is 1. The highest BCUT2D eigenvalue weighted by Crippen LogP contribution is 2.55. The molecule has 2 N–H and O–H groups in total. The van der Waals surface area contributed by atoms with E-state index < -0.39 is 5.60 Å². The van der Waals surface area contributed by atoms with E-state index in [-0.39, 0.29) is 5.75 Å². The van der Waals surface area contributed by atoms with Gasteiger partial charge in [-0.3, -0.25) is 0 Å². The van der Waals surface area contributed by atoms with Crippen molar-refractivity contribution in [1.82, 2.24) is 0 Å². The van der Waals surface area contributed by atoms with Gasteiger partial charge in [0.15, 0.2) is 11.5 Å². The van der Waals surface area contributed by atoms with Gasteiger partial charge in [0.2, 0.25) is 0 Å².